The number of carbonyl (C=O) groups excluding carboxylic acids is 1. The van der Waals surface area contributed by atoms with Gasteiger partial charge in [-0.05, 0) is 11.8 Å². The van der Waals surface area contributed by atoms with Crippen molar-refractivity contribution in [1.82, 2.24) is 0 Å². The van der Waals surface area contributed by atoms with Crippen LogP contribution in [0.25, 0.3) is 0 Å². The Labute approximate surface area is 99.8 Å². The van der Waals surface area contributed by atoms with Crippen molar-refractivity contribution in [2.45, 2.75) is 40.7 Å². The van der Waals surface area contributed by atoms with E-state index in [1.807, 2.05) is 6.92 Å². The van der Waals surface area contributed by atoms with Crippen LogP contribution in [0.3, 0.4) is 0 Å². The standard InChI is InChI=1S/C12H18O5/c1-8(5-12(2,3)4)10(13)15-6-9-7-16-11(14)17-9/h7-8H,5-6H2,1-4H3. The first kappa shape index (κ1) is 13.5. The molecule has 0 aromatic carbocycles. The number of hydrogen-bond donors (Lipinski definition) is 0. The highest BCUT2D eigenvalue weighted by atomic mass is 16.6. The zero-order chi connectivity index (χ0) is 13.1. The first-order chi connectivity index (χ1) is 7.78. The summed E-state index contributed by atoms with van der Waals surface area (Å²) in [5.41, 5.74) is 0.0701. The van der Waals surface area contributed by atoms with Crippen molar-refractivity contribution in [2.24, 2.45) is 11.3 Å². The molecule has 1 aromatic rings. The Morgan fingerprint density at radius 3 is 2.59 bits per heavy atom. The number of hydrogen-bond acceptors (Lipinski definition) is 5. The molecule has 17 heavy (non-hydrogen) atoms. The fraction of sp³-hybridized carbons (Fsp3) is 0.667. The van der Waals surface area contributed by atoms with Crippen LogP contribution < -0.4 is 5.82 Å². The Hall–Kier alpha value is -1.52. The second-order valence-electron chi connectivity index (χ2n) is 5.33. The molecule has 0 saturated carbocycles. The number of rotatable bonds is 4. The van der Waals surface area contributed by atoms with Crippen molar-refractivity contribution in [3.63, 3.8) is 0 Å². The molecule has 1 unspecified atom stereocenters. The van der Waals surface area contributed by atoms with E-state index >= 15 is 0 Å². The molecule has 0 aliphatic rings. The van der Waals surface area contributed by atoms with E-state index in [2.05, 4.69) is 29.6 Å². The van der Waals surface area contributed by atoms with Gasteiger partial charge in [0.15, 0.2) is 12.4 Å². The minimum absolute atomic E-state index is 0.0701. The molecular formula is C12H18O5. The molecule has 1 heterocycles. The smallest absolute Gasteiger partial charge is 0.457 e. The van der Waals surface area contributed by atoms with Crippen molar-refractivity contribution in [1.29, 1.82) is 0 Å². The average molecular weight is 242 g/mol. The summed E-state index contributed by atoms with van der Waals surface area (Å²) in [5.74, 6) is -1.07. The van der Waals surface area contributed by atoms with Crippen LogP contribution in [-0.2, 0) is 16.1 Å². The molecule has 5 nitrogen and oxygen atoms in total. The summed E-state index contributed by atoms with van der Waals surface area (Å²) in [5, 5.41) is 0. The summed E-state index contributed by atoms with van der Waals surface area (Å²) in [4.78, 5) is 22.2. The van der Waals surface area contributed by atoms with Crippen LogP contribution in [0.15, 0.2) is 19.9 Å². The number of carbonyl (C=O) groups is 1. The lowest BCUT2D eigenvalue weighted by Gasteiger charge is -2.21. The molecule has 0 aliphatic carbocycles. The molecule has 0 fully saturated rings. The van der Waals surface area contributed by atoms with Crippen molar-refractivity contribution >= 4 is 5.97 Å². The zero-order valence-electron chi connectivity index (χ0n) is 10.6. The minimum atomic E-state index is -0.793. The maximum atomic E-state index is 11.6. The van der Waals surface area contributed by atoms with E-state index in [-0.39, 0.29) is 29.7 Å². The largest absolute Gasteiger partial charge is 0.518 e. The lowest BCUT2D eigenvalue weighted by Crippen LogP contribution is -2.20. The highest BCUT2D eigenvalue weighted by molar-refractivity contribution is 5.71. The van der Waals surface area contributed by atoms with Gasteiger partial charge >= 0.3 is 11.8 Å². The Morgan fingerprint density at radius 1 is 1.47 bits per heavy atom. The van der Waals surface area contributed by atoms with Gasteiger partial charge < -0.3 is 13.6 Å². The quantitative estimate of drug-likeness (QED) is 0.758. The molecule has 0 spiro atoms. The summed E-state index contributed by atoms with van der Waals surface area (Å²) in [7, 11) is 0. The first-order valence-corrected chi connectivity index (χ1v) is 5.52. The molecule has 0 amide bonds. The van der Waals surface area contributed by atoms with E-state index in [0.29, 0.717) is 0 Å². The average Bonchev–Trinajstić information content (AvgIpc) is 2.58. The second-order valence-corrected chi connectivity index (χ2v) is 5.33. The molecule has 0 saturated heterocycles. The topological polar surface area (TPSA) is 69.7 Å². The summed E-state index contributed by atoms with van der Waals surface area (Å²) in [6.45, 7) is 7.93. The monoisotopic (exact) mass is 242 g/mol. The molecular weight excluding hydrogens is 224 g/mol. The van der Waals surface area contributed by atoms with E-state index in [1.165, 1.54) is 0 Å². The van der Waals surface area contributed by atoms with Gasteiger partial charge in [0.2, 0.25) is 0 Å². The molecule has 1 rings (SSSR count). The molecule has 96 valence electrons. The third-order valence-corrected chi connectivity index (χ3v) is 2.18. The molecule has 0 N–H and O–H groups in total. The molecule has 0 aliphatic heterocycles. The van der Waals surface area contributed by atoms with Crippen molar-refractivity contribution in [3.05, 3.63) is 22.6 Å². The van der Waals surface area contributed by atoms with Crippen LogP contribution in [0.1, 0.15) is 39.9 Å². The number of esters is 1. The third-order valence-electron chi connectivity index (χ3n) is 2.18. The van der Waals surface area contributed by atoms with Gasteiger partial charge in [-0.1, -0.05) is 27.7 Å². The van der Waals surface area contributed by atoms with Crippen molar-refractivity contribution < 1.29 is 18.4 Å². The van der Waals surface area contributed by atoms with Gasteiger partial charge in [0.25, 0.3) is 0 Å². The van der Waals surface area contributed by atoms with Crippen LogP contribution in [0.5, 0.6) is 0 Å². The van der Waals surface area contributed by atoms with E-state index in [4.69, 9.17) is 4.74 Å². The SMILES string of the molecule is CC(CC(C)(C)C)C(=O)OCc1coc(=O)o1. The van der Waals surface area contributed by atoms with Crippen LogP contribution in [0.4, 0.5) is 0 Å². The summed E-state index contributed by atoms with van der Waals surface area (Å²) >= 11 is 0. The summed E-state index contributed by atoms with van der Waals surface area (Å²) in [6.07, 6.45) is 1.88. The molecule has 0 radical (unpaired) electrons. The third kappa shape index (κ3) is 4.89. The first-order valence-electron chi connectivity index (χ1n) is 5.52. The minimum Gasteiger partial charge on any atom is -0.457 e. The van der Waals surface area contributed by atoms with Gasteiger partial charge in [-0.15, -0.1) is 0 Å². The Kier molecular flexibility index (Phi) is 4.15. The lowest BCUT2D eigenvalue weighted by molar-refractivity contribution is -0.150. The Balaban J connectivity index is 2.42. The van der Waals surface area contributed by atoms with E-state index < -0.39 is 5.82 Å². The predicted octanol–water partition coefficient (Wildman–Crippen LogP) is 2.35. The van der Waals surface area contributed by atoms with Crippen molar-refractivity contribution in [2.75, 3.05) is 0 Å². The van der Waals surface area contributed by atoms with Crippen molar-refractivity contribution in [3.8, 4) is 0 Å². The van der Waals surface area contributed by atoms with Gasteiger partial charge in [0, 0.05) is 0 Å². The molecule has 1 aromatic heterocycles. The van der Waals surface area contributed by atoms with Gasteiger partial charge in [0.1, 0.15) is 6.26 Å². The maximum Gasteiger partial charge on any atom is 0.518 e. The highest BCUT2D eigenvalue weighted by Crippen LogP contribution is 2.24. The summed E-state index contributed by atoms with van der Waals surface area (Å²) in [6, 6.07) is 0. The lowest BCUT2D eigenvalue weighted by atomic mass is 9.85. The van der Waals surface area contributed by atoms with Crippen LogP contribution in [0, 0.1) is 11.3 Å². The molecule has 1 atom stereocenters. The Morgan fingerprint density at radius 2 is 2.12 bits per heavy atom. The van der Waals surface area contributed by atoms with Gasteiger partial charge in [-0.3, -0.25) is 4.79 Å². The van der Waals surface area contributed by atoms with Gasteiger partial charge in [0.05, 0.1) is 5.92 Å². The normalized spacial score (nSPS) is 13.4. The molecule has 5 heteroatoms. The van der Waals surface area contributed by atoms with Crippen LogP contribution >= 0.6 is 0 Å². The van der Waals surface area contributed by atoms with Crippen LogP contribution in [-0.4, -0.2) is 5.97 Å². The van der Waals surface area contributed by atoms with E-state index in [1.54, 1.807) is 0 Å². The molecule has 0 bridgehead atoms. The van der Waals surface area contributed by atoms with Gasteiger partial charge in [-0.25, -0.2) is 4.79 Å². The van der Waals surface area contributed by atoms with Crippen LogP contribution in [0.2, 0.25) is 0 Å². The maximum absolute atomic E-state index is 11.6. The Bertz CT molecular complexity index is 421. The van der Waals surface area contributed by atoms with Gasteiger partial charge in [-0.2, -0.15) is 0 Å². The van der Waals surface area contributed by atoms with E-state index in [9.17, 15) is 9.59 Å². The second kappa shape index (κ2) is 5.21. The highest BCUT2D eigenvalue weighted by Gasteiger charge is 2.22. The van der Waals surface area contributed by atoms with E-state index in [0.717, 1.165) is 12.7 Å². The predicted molar refractivity (Wildman–Crippen MR) is 60.3 cm³/mol. The fourth-order valence-electron chi connectivity index (χ4n) is 1.62. The number of ether oxygens (including phenoxy) is 1. The summed E-state index contributed by atoms with van der Waals surface area (Å²) < 4.78 is 14.1. The fourth-order valence-corrected chi connectivity index (χ4v) is 1.62. The zero-order valence-corrected chi connectivity index (χ0v) is 10.6.